The van der Waals surface area contributed by atoms with Gasteiger partial charge in [-0.15, -0.1) is 0 Å². The molecule has 0 fully saturated rings. The zero-order valence-electron chi connectivity index (χ0n) is 11.3. The number of nitrogens with two attached hydrogens (primary N) is 1. The second-order valence-electron chi connectivity index (χ2n) is 4.58. The summed E-state index contributed by atoms with van der Waals surface area (Å²) in [6.07, 6.45) is 0.713. The topological polar surface area (TPSA) is 104 Å². The van der Waals surface area contributed by atoms with Gasteiger partial charge in [-0.3, -0.25) is 19.8 Å². The van der Waals surface area contributed by atoms with Crippen molar-refractivity contribution >= 4 is 11.6 Å². The number of carbonyl (C=O) groups excluding carboxylic acids is 1. The summed E-state index contributed by atoms with van der Waals surface area (Å²) in [6.45, 7) is 2.27. The number of benzene rings is 1. The van der Waals surface area contributed by atoms with Crippen molar-refractivity contribution in [1.82, 2.24) is 10.2 Å². The molecule has 2 rings (SSSR count). The molecule has 0 saturated carbocycles. The van der Waals surface area contributed by atoms with E-state index in [-0.39, 0.29) is 17.4 Å². The number of rotatable bonds is 5. The number of H-pyrrole nitrogens is 2. The number of aromatic nitrogens is 2. The van der Waals surface area contributed by atoms with Crippen LogP contribution in [0.4, 0.5) is 5.69 Å². The minimum absolute atomic E-state index is 0.0715. The molecule has 1 aromatic carbocycles. The van der Waals surface area contributed by atoms with E-state index in [1.54, 1.807) is 12.1 Å². The smallest absolute Gasteiger partial charge is 0.264 e. The molecule has 0 spiro atoms. The first kappa shape index (κ1) is 14.1. The van der Waals surface area contributed by atoms with E-state index in [1.165, 1.54) is 6.07 Å². The molecule has 0 bridgehead atoms. The second kappa shape index (κ2) is 6.21. The van der Waals surface area contributed by atoms with E-state index in [1.807, 2.05) is 19.1 Å². The fraction of sp³-hybridized carbons (Fsp3) is 0.286. The van der Waals surface area contributed by atoms with Gasteiger partial charge in [-0.25, -0.2) is 0 Å². The highest BCUT2D eigenvalue weighted by Gasteiger charge is 2.14. The first-order chi connectivity index (χ1) is 9.63. The van der Waals surface area contributed by atoms with Crippen LogP contribution in [0.15, 0.2) is 35.1 Å². The van der Waals surface area contributed by atoms with Crippen molar-refractivity contribution in [3.63, 3.8) is 0 Å². The molecule has 0 aliphatic heterocycles. The van der Waals surface area contributed by atoms with Gasteiger partial charge in [0.1, 0.15) is 0 Å². The predicted molar refractivity (Wildman–Crippen MR) is 78.3 cm³/mol. The molecule has 106 valence electrons. The Balaban J connectivity index is 2.09. The number of nitrogens with one attached hydrogen (secondary N) is 3. The van der Waals surface area contributed by atoms with Crippen molar-refractivity contribution < 1.29 is 4.79 Å². The van der Waals surface area contributed by atoms with Crippen LogP contribution in [0.25, 0.3) is 11.3 Å². The second-order valence-corrected chi connectivity index (χ2v) is 4.58. The maximum absolute atomic E-state index is 11.9. The lowest BCUT2D eigenvalue weighted by Gasteiger charge is -2.12. The molecule has 0 radical (unpaired) electrons. The van der Waals surface area contributed by atoms with Gasteiger partial charge in [-0.1, -0.05) is 19.1 Å². The lowest BCUT2D eigenvalue weighted by Crippen LogP contribution is -2.28. The molecule has 6 nitrogen and oxygen atoms in total. The summed E-state index contributed by atoms with van der Waals surface area (Å²) < 4.78 is 0. The lowest BCUT2D eigenvalue weighted by molar-refractivity contribution is -0.119. The van der Waals surface area contributed by atoms with Crippen LogP contribution in [0.1, 0.15) is 13.3 Å². The Labute approximate surface area is 116 Å². The van der Waals surface area contributed by atoms with Crippen LogP contribution in [0.2, 0.25) is 0 Å². The van der Waals surface area contributed by atoms with Crippen molar-refractivity contribution in [2.24, 2.45) is 11.7 Å². The Morgan fingerprint density at radius 1 is 1.30 bits per heavy atom. The van der Waals surface area contributed by atoms with Crippen molar-refractivity contribution in [3.8, 4) is 11.3 Å². The minimum Gasteiger partial charge on any atom is -0.330 e. The van der Waals surface area contributed by atoms with Gasteiger partial charge < -0.3 is 11.1 Å². The monoisotopic (exact) mass is 274 g/mol. The average molecular weight is 274 g/mol. The molecule has 1 atom stereocenters. The zero-order valence-corrected chi connectivity index (χ0v) is 11.3. The zero-order chi connectivity index (χ0) is 14.5. The van der Waals surface area contributed by atoms with Gasteiger partial charge in [0.2, 0.25) is 5.91 Å². The van der Waals surface area contributed by atoms with E-state index in [9.17, 15) is 9.59 Å². The summed E-state index contributed by atoms with van der Waals surface area (Å²) in [5, 5.41) is 8.09. The summed E-state index contributed by atoms with van der Waals surface area (Å²) in [4.78, 5) is 23.0. The summed E-state index contributed by atoms with van der Waals surface area (Å²) >= 11 is 0. The molecular formula is C14H18N4O2. The van der Waals surface area contributed by atoms with Gasteiger partial charge in [0.05, 0.1) is 11.6 Å². The number of carbonyl (C=O) groups is 1. The highest BCUT2D eigenvalue weighted by atomic mass is 16.2. The molecular weight excluding hydrogens is 256 g/mol. The largest absolute Gasteiger partial charge is 0.330 e. The summed E-state index contributed by atoms with van der Waals surface area (Å²) in [5.74, 6) is -0.242. The van der Waals surface area contributed by atoms with E-state index >= 15 is 0 Å². The maximum Gasteiger partial charge on any atom is 0.264 e. The molecule has 6 heteroatoms. The molecule has 1 aromatic heterocycles. The van der Waals surface area contributed by atoms with Crippen LogP contribution in [-0.4, -0.2) is 22.6 Å². The number of amides is 1. The fourth-order valence-corrected chi connectivity index (χ4v) is 1.92. The third-order valence-electron chi connectivity index (χ3n) is 3.21. The Bertz CT molecular complexity index is 623. The van der Waals surface area contributed by atoms with E-state index in [2.05, 4.69) is 15.5 Å². The van der Waals surface area contributed by atoms with Gasteiger partial charge in [0.25, 0.3) is 5.56 Å². The molecule has 0 saturated heterocycles. The molecule has 2 aromatic rings. The standard InChI is InChI=1S/C14H18N4O2/c1-2-9(8-15)14(20)16-11-5-3-10(4-6-11)12-7-13(19)18-17-12/h3-7,9H,2,8,15H2,1H3,(H,16,20)(H2,17,18,19). The molecule has 0 aliphatic carbocycles. The van der Waals surface area contributed by atoms with Gasteiger partial charge in [0.15, 0.2) is 0 Å². The Kier molecular flexibility index (Phi) is 4.37. The number of anilines is 1. The Morgan fingerprint density at radius 3 is 2.50 bits per heavy atom. The van der Waals surface area contributed by atoms with Crippen LogP contribution < -0.4 is 16.6 Å². The van der Waals surface area contributed by atoms with Gasteiger partial charge in [-0.05, 0) is 24.1 Å². The summed E-state index contributed by atoms with van der Waals surface area (Å²) in [5.41, 5.74) is 7.66. The van der Waals surface area contributed by atoms with E-state index in [0.29, 0.717) is 24.3 Å². The highest BCUT2D eigenvalue weighted by Crippen LogP contribution is 2.18. The van der Waals surface area contributed by atoms with Crippen molar-refractivity contribution in [2.45, 2.75) is 13.3 Å². The van der Waals surface area contributed by atoms with Crippen LogP contribution in [0, 0.1) is 5.92 Å². The molecule has 5 N–H and O–H groups in total. The van der Waals surface area contributed by atoms with E-state index in [0.717, 1.165) is 5.56 Å². The lowest BCUT2D eigenvalue weighted by atomic mass is 10.1. The number of hydrogen-bond donors (Lipinski definition) is 4. The molecule has 20 heavy (non-hydrogen) atoms. The van der Waals surface area contributed by atoms with Crippen molar-refractivity contribution in [2.75, 3.05) is 11.9 Å². The molecule has 1 heterocycles. The SMILES string of the molecule is CCC(CN)C(=O)Nc1ccc(-c2cc(=O)[nH][nH]2)cc1. The molecule has 0 aliphatic rings. The van der Waals surface area contributed by atoms with Gasteiger partial charge in [0, 0.05) is 18.3 Å². The third kappa shape index (κ3) is 3.16. The van der Waals surface area contributed by atoms with Crippen LogP contribution in [-0.2, 0) is 4.79 Å². The van der Waals surface area contributed by atoms with Crippen molar-refractivity contribution in [3.05, 3.63) is 40.7 Å². The summed E-state index contributed by atoms with van der Waals surface area (Å²) in [7, 11) is 0. The van der Waals surface area contributed by atoms with E-state index < -0.39 is 0 Å². The number of aromatic amines is 2. The minimum atomic E-state index is -0.175. The first-order valence-corrected chi connectivity index (χ1v) is 6.53. The Morgan fingerprint density at radius 2 is 2.00 bits per heavy atom. The maximum atomic E-state index is 11.9. The van der Waals surface area contributed by atoms with Crippen LogP contribution >= 0.6 is 0 Å². The first-order valence-electron chi connectivity index (χ1n) is 6.53. The van der Waals surface area contributed by atoms with Crippen molar-refractivity contribution in [1.29, 1.82) is 0 Å². The fourth-order valence-electron chi connectivity index (χ4n) is 1.92. The molecule has 1 amide bonds. The van der Waals surface area contributed by atoms with E-state index in [4.69, 9.17) is 5.73 Å². The number of hydrogen-bond acceptors (Lipinski definition) is 3. The average Bonchev–Trinajstić information content (AvgIpc) is 2.87. The highest BCUT2D eigenvalue weighted by molar-refractivity contribution is 5.92. The van der Waals surface area contributed by atoms with Gasteiger partial charge in [-0.2, -0.15) is 0 Å². The van der Waals surface area contributed by atoms with Gasteiger partial charge >= 0.3 is 0 Å². The van der Waals surface area contributed by atoms with Crippen LogP contribution in [0.3, 0.4) is 0 Å². The third-order valence-corrected chi connectivity index (χ3v) is 3.21. The molecule has 1 unspecified atom stereocenters. The predicted octanol–water partition coefficient (Wildman–Crippen LogP) is 1.29. The summed E-state index contributed by atoms with van der Waals surface area (Å²) in [6, 6.07) is 8.73. The normalized spacial score (nSPS) is 12.1. The van der Waals surface area contributed by atoms with Crippen LogP contribution in [0.5, 0.6) is 0 Å². The quantitative estimate of drug-likeness (QED) is 0.660. The Hall–Kier alpha value is -2.34.